The van der Waals surface area contributed by atoms with Gasteiger partial charge in [-0.25, -0.2) is 9.78 Å². The minimum absolute atomic E-state index is 0.00845. The van der Waals surface area contributed by atoms with Crippen molar-refractivity contribution in [1.82, 2.24) is 20.1 Å². The molecule has 1 aliphatic heterocycles. The number of amides is 2. The van der Waals surface area contributed by atoms with Gasteiger partial charge in [-0.3, -0.25) is 14.5 Å². The van der Waals surface area contributed by atoms with Gasteiger partial charge in [0.25, 0.3) is 0 Å². The number of carboxylic acids is 1. The van der Waals surface area contributed by atoms with Crippen molar-refractivity contribution >= 4 is 40.2 Å². The van der Waals surface area contributed by atoms with E-state index in [4.69, 9.17) is 0 Å². The van der Waals surface area contributed by atoms with E-state index in [1.807, 2.05) is 30.8 Å². The largest absolute Gasteiger partial charge is 0.478 e. The highest BCUT2D eigenvalue weighted by Gasteiger charge is 2.22. The number of nitrogens with one attached hydrogen (secondary N) is 2. The average molecular weight is 471 g/mol. The number of carbonyl (C=O) groups is 3. The Bertz CT molecular complexity index is 1030. The lowest BCUT2D eigenvalue weighted by Gasteiger charge is -2.35. The highest BCUT2D eigenvalue weighted by atomic mass is 16.4. The van der Waals surface area contributed by atoms with Gasteiger partial charge in [0, 0.05) is 56.8 Å². The van der Waals surface area contributed by atoms with Crippen LogP contribution in [0, 0.1) is 0 Å². The molecular weight excluding hydrogens is 436 g/mol. The van der Waals surface area contributed by atoms with Gasteiger partial charge in [-0.2, -0.15) is 0 Å². The van der Waals surface area contributed by atoms with Crippen molar-refractivity contribution < 1.29 is 19.5 Å². The number of piperazine rings is 1. The van der Waals surface area contributed by atoms with Gasteiger partial charge in [-0.15, -0.1) is 0 Å². The number of rotatable bonds is 10. The lowest BCUT2D eigenvalue weighted by Crippen LogP contribution is -2.50. The molecule has 2 heterocycles. The molecule has 3 N–H and O–H groups in total. The van der Waals surface area contributed by atoms with Crippen LogP contribution in [0.15, 0.2) is 24.3 Å². The number of aromatic carboxylic acids is 1. The van der Waals surface area contributed by atoms with Gasteiger partial charge < -0.3 is 25.5 Å². The van der Waals surface area contributed by atoms with Crippen molar-refractivity contribution in [2.24, 2.45) is 0 Å². The lowest BCUT2D eigenvalue weighted by molar-refractivity contribution is -0.122. The zero-order valence-corrected chi connectivity index (χ0v) is 20.1. The molecule has 0 saturated carbocycles. The number of anilines is 2. The Hall–Kier alpha value is -3.24. The van der Waals surface area contributed by atoms with Crippen LogP contribution >= 0.6 is 0 Å². The Kier molecular flexibility index (Phi) is 8.78. The van der Waals surface area contributed by atoms with Crippen molar-refractivity contribution in [3.05, 3.63) is 29.8 Å². The smallest absolute Gasteiger partial charge is 0.336 e. The van der Waals surface area contributed by atoms with Crippen LogP contribution in [-0.4, -0.2) is 97.6 Å². The maximum atomic E-state index is 12.2. The molecule has 0 radical (unpaired) electrons. The Morgan fingerprint density at radius 1 is 1.09 bits per heavy atom. The number of hydrogen-bond donors (Lipinski definition) is 3. The second-order valence-electron chi connectivity index (χ2n) is 8.78. The molecule has 2 aromatic rings. The van der Waals surface area contributed by atoms with Crippen LogP contribution in [0.25, 0.3) is 10.9 Å². The quantitative estimate of drug-likeness (QED) is 0.478. The number of carboxylic acid groups (broad SMARTS) is 1. The lowest BCUT2D eigenvalue weighted by atomic mass is 10.1. The first-order chi connectivity index (χ1) is 16.3. The van der Waals surface area contributed by atoms with Crippen LogP contribution < -0.4 is 15.5 Å². The Morgan fingerprint density at radius 3 is 2.47 bits per heavy atom. The third-order valence-electron chi connectivity index (χ3n) is 5.73. The van der Waals surface area contributed by atoms with Crippen LogP contribution in [0.5, 0.6) is 0 Å². The number of pyridine rings is 1. The number of benzene rings is 1. The number of carbonyl (C=O) groups excluding carboxylic acids is 2. The van der Waals surface area contributed by atoms with Crippen molar-refractivity contribution in [3.8, 4) is 0 Å². The van der Waals surface area contributed by atoms with Crippen LogP contribution in [0.2, 0.25) is 0 Å². The zero-order chi connectivity index (χ0) is 24.7. The summed E-state index contributed by atoms with van der Waals surface area (Å²) in [6, 6.07) is 6.73. The molecule has 3 rings (SSSR count). The van der Waals surface area contributed by atoms with E-state index in [1.54, 1.807) is 24.3 Å². The molecule has 1 aliphatic rings. The molecule has 34 heavy (non-hydrogen) atoms. The number of aromatic nitrogens is 1. The summed E-state index contributed by atoms with van der Waals surface area (Å²) >= 11 is 0. The molecule has 0 bridgehead atoms. The van der Waals surface area contributed by atoms with E-state index in [2.05, 4.69) is 20.5 Å². The van der Waals surface area contributed by atoms with E-state index >= 15 is 0 Å². The van der Waals surface area contributed by atoms with E-state index in [1.165, 1.54) is 0 Å². The van der Waals surface area contributed by atoms with Gasteiger partial charge in [-0.1, -0.05) is 6.92 Å². The van der Waals surface area contributed by atoms with Gasteiger partial charge in [0.2, 0.25) is 11.8 Å². The highest BCUT2D eigenvalue weighted by Crippen LogP contribution is 2.27. The van der Waals surface area contributed by atoms with Crippen molar-refractivity contribution in [1.29, 1.82) is 0 Å². The molecule has 0 atom stereocenters. The van der Waals surface area contributed by atoms with Crippen molar-refractivity contribution in [2.45, 2.75) is 19.8 Å². The molecule has 0 spiro atoms. The van der Waals surface area contributed by atoms with Gasteiger partial charge in [0.1, 0.15) is 5.82 Å². The first-order valence-corrected chi connectivity index (χ1v) is 11.6. The molecule has 1 saturated heterocycles. The molecule has 10 heteroatoms. The summed E-state index contributed by atoms with van der Waals surface area (Å²) in [7, 11) is 3.93. The summed E-state index contributed by atoms with van der Waals surface area (Å²) in [4.78, 5) is 46.9. The first kappa shape index (κ1) is 25.4. The molecule has 1 fully saturated rings. The molecule has 0 aliphatic carbocycles. The third kappa shape index (κ3) is 6.88. The molecule has 1 aromatic heterocycles. The molecule has 10 nitrogen and oxygen atoms in total. The first-order valence-electron chi connectivity index (χ1n) is 11.6. The fourth-order valence-corrected chi connectivity index (χ4v) is 3.89. The minimum atomic E-state index is -1.04. The predicted octanol–water partition coefficient (Wildman–Crippen LogP) is 1.47. The summed E-state index contributed by atoms with van der Waals surface area (Å²) in [5.41, 5.74) is 1.26. The van der Waals surface area contributed by atoms with Crippen LogP contribution in [0.3, 0.4) is 0 Å². The van der Waals surface area contributed by atoms with E-state index in [0.717, 1.165) is 13.0 Å². The number of likely N-dealkylation sites (N-methyl/N-ethyl adjacent to an activating group) is 1. The summed E-state index contributed by atoms with van der Waals surface area (Å²) in [5.74, 6) is -0.539. The van der Waals surface area contributed by atoms with Gasteiger partial charge >= 0.3 is 5.97 Å². The Morgan fingerprint density at radius 2 is 1.82 bits per heavy atom. The second kappa shape index (κ2) is 11.8. The topological polar surface area (TPSA) is 118 Å². The monoisotopic (exact) mass is 470 g/mol. The fourth-order valence-electron chi connectivity index (χ4n) is 3.89. The van der Waals surface area contributed by atoms with E-state index in [0.29, 0.717) is 68.1 Å². The summed E-state index contributed by atoms with van der Waals surface area (Å²) < 4.78 is 0. The number of fused-ring (bicyclic) bond motifs is 1. The summed E-state index contributed by atoms with van der Waals surface area (Å²) in [6.45, 7) is 6.35. The fraction of sp³-hybridized carbons (Fsp3) is 0.500. The summed E-state index contributed by atoms with van der Waals surface area (Å²) in [5, 5.41) is 16.0. The standard InChI is InChI=1S/C24H34N6O4/c1-4-5-22(31)26-17-6-7-20-18(14-17)19(24(33)34)15-21(27-20)30-12-10-29(11-13-30)16-23(32)25-8-9-28(2)3/h6-7,14-15H,4-5,8-13,16H2,1-3H3,(H,25,32)(H,26,31)(H,33,34). The Balaban J connectivity index is 1.67. The van der Waals surface area contributed by atoms with Crippen LogP contribution in [0.4, 0.5) is 11.5 Å². The van der Waals surface area contributed by atoms with Gasteiger partial charge in [0.15, 0.2) is 0 Å². The maximum absolute atomic E-state index is 12.2. The van der Waals surface area contributed by atoms with Crippen LogP contribution in [0.1, 0.15) is 30.1 Å². The third-order valence-corrected chi connectivity index (χ3v) is 5.73. The predicted molar refractivity (Wildman–Crippen MR) is 132 cm³/mol. The molecule has 1 aromatic carbocycles. The van der Waals surface area contributed by atoms with Gasteiger partial charge in [0.05, 0.1) is 17.6 Å². The number of nitrogens with zero attached hydrogens (tertiary/aromatic N) is 4. The van der Waals surface area contributed by atoms with E-state index < -0.39 is 5.97 Å². The van der Waals surface area contributed by atoms with E-state index in [-0.39, 0.29) is 17.4 Å². The van der Waals surface area contributed by atoms with Crippen LogP contribution in [-0.2, 0) is 9.59 Å². The molecule has 0 unspecified atom stereocenters. The summed E-state index contributed by atoms with van der Waals surface area (Å²) in [6.07, 6.45) is 1.14. The molecule has 184 valence electrons. The average Bonchev–Trinajstić information content (AvgIpc) is 2.78. The van der Waals surface area contributed by atoms with E-state index in [9.17, 15) is 19.5 Å². The number of hydrogen-bond acceptors (Lipinski definition) is 7. The zero-order valence-electron chi connectivity index (χ0n) is 20.1. The maximum Gasteiger partial charge on any atom is 0.336 e. The molecule has 2 amide bonds. The second-order valence-corrected chi connectivity index (χ2v) is 8.78. The van der Waals surface area contributed by atoms with Crippen molar-refractivity contribution in [2.75, 3.05) is 70.1 Å². The van der Waals surface area contributed by atoms with Crippen molar-refractivity contribution in [3.63, 3.8) is 0 Å². The SMILES string of the molecule is CCCC(=O)Nc1ccc2nc(N3CCN(CC(=O)NCCN(C)C)CC3)cc(C(=O)O)c2c1. The normalized spacial score (nSPS) is 14.4. The Labute approximate surface area is 199 Å². The molecular formula is C24H34N6O4. The van der Waals surface area contributed by atoms with Gasteiger partial charge in [-0.05, 0) is 44.8 Å². The highest BCUT2D eigenvalue weighted by molar-refractivity contribution is 6.05. The minimum Gasteiger partial charge on any atom is -0.478 e.